The van der Waals surface area contributed by atoms with Crippen molar-refractivity contribution in [2.24, 2.45) is 21.6 Å². The van der Waals surface area contributed by atoms with Gasteiger partial charge in [0.05, 0.1) is 6.04 Å². The SMILES string of the molecule is C=NC(N)=NC1CCN(S(=O)(=O)N2CCC(C=O)CC2)C(C)C1.[HH]. The first kappa shape index (κ1) is 18.0. The van der Waals surface area contributed by atoms with Gasteiger partial charge in [-0.25, -0.2) is 9.98 Å². The summed E-state index contributed by atoms with van der Waals surface area (Å²) in [6, 6.07) is -0.174. The Balaban J connectivity index is 0.00000288. The summed E-state index contributed by atoms with van der Waals surface area (Å²) in [5, 5.41) is 0. The maximum Gasteiger partial charge on any atom is 0.282 e. The molecule has 2 fully saturated rings. The smallest absolute Gasteiger partial charge is 0.282 e. The second-order valence-electron chi connectivity index (χ2n) is 6.16. The van der Waals surface area contributed by atoms with E-state index in [9.17, 15) is 13.2 Å². The van der Waals surface area contributed by atoms with E-state index in [1.165, 1.54) is 8.61 Å². The van der Waals surface area contributed by atoms with Crippen molar-refractivity contribution in [1.82, 2.24) is 8.61 Å². The zero-order valence-corrected chi connectivity index (χ0v) is 14.3. The molecule has 2 saturated heterocycles. The van der Waals surface area contributed by atoms with Crippen molar-refractivity contribution in [3.8, 4) is 0 Å². The van der Waals surface area contributed by atoms with Crippen molar-refractivity contribution >= 4 is 29.2 Å². The zero-order chi connectivity index (χ0) is 17.0. The highest BCUT2D eigenvalue weighted by Gasteiger charge is 2.38. The summed E-state index contributed by atoms with van der Waals surface area (Å²) in [5.41, 5.74) is 5.57. The second kappa shape index (κ2) is 7.50. The van der Waals surface area contributed by atoms with Crippen LogP contribution in [0.4, 0.5) is 0 Å². The summed E-state index contributed by atoms with van der Waals surface area (Å²) in [6.07, 6.45) is 3.35. The number of hydrogen-bond donors (Lipinski definition) is 1. The van der Waals surface area contributed by atoms with E-state index in [0.717, 1.165) is 6.29 Å². The van der Waals surface area contributed by atoms with Crippen molar-refractivity contribution < 1.29 is 14.6 Å². The van der Waals surface area contributed by atoms with Crippen LogP contribution in [0.2, 0.25) is 0 Å². The molecule has 0 aromatic rings. The third kappa shape index (κ3) is 4.15. The summed E-state index contributed by atoms with van der Waals surface area (Å²) >= 11 is 0. The molecular weight excluding hydrogens is 318 g/mol. The number of guanidine groups is 1. The standard InChI is InChI=1S/C14H25N5O3S.H2/c1-11-9-13(17-14(15)16-2)5-8-19(11)23(21,22)18-6-3-12(10-20)4-7-18;/h10-13H,2-9H2,1H3,(H2,15,17);1H. The van der Waals surface area contributed by atoms with E-state index >= 15 is 0 Å². The third-order valence-corrected chi connectivity index (χ3v) is 6.73. The molecule has 2 rings (SSSR count). The predicted octanol–water partition coefficient (Wildman–Crippen LogP) is 0.256. The highest BCUT2D eigenvalue weighted by Crippen LogP contribution is 2.27. The number of nitrogens with two attached hydrogens (primary N) is 1. The molecule has 0 aromatic heterocycles. The van der Waals surface area contributed by atoms with E-state index in [1.54, 1.807) is 0 Å². The number of aldehydes is 1. The lowest BCUT2D eigenvalue weighted by atomic mass is 10.0. The van der Waals surface area contributed by atoms with Crippen LogP contribution in [0, 0.1) is 5.92 Å². The van der Waals surface area contributed by atoms with Crippen molar-refractivity contribution in [3.05, 3.63) is 0 Å². The molecule has 0 bridgehead atoms. The fraction of sp³-hybridized carbons (Fsp3) is 0.786. The zero-order valence-electron chi connectivity index (χ0n) is 13.5. The predicted molar refractivity (Wildman–Crippen MR) is 91.8 cm³/mol. The maximum absolute atomic E-state index is 12.8. The molecular formula is C14H27N5O3S. The van der Waals surface area contributed by atoms with Crippen molar-refractivity contribution in [3.63, 3.8) is 0 Å². The van der Waals surface area contributed by atoms with Gasteiger partial charge in [-0.05, 0) is 39.3 Å². The van der Waals surface area contributed by atoms with Gasteiger partial charge >= 0.3 is 0 Å². The lowest BCUT2D eigenvalue weighted by Crippen LogP contribution is -2.53. The Bertz CT molecular complexity index is 575. The first-order valence-corrected chi connectivity index (χ1v) is 9.30. The molecule has 2 heterocycles. The van der Waals surface area contributed by atoms with Gasteiger partial charge in [0.1, 0.15) is 6.29 Å². The number of carbonyl (C=O) groups excluding carboxylic acids is 1. The summed E-state index contributed by atoms with van der Waals surface area (Å²) in [4.78, 5) is 18.6. The first-order chi connectivity index (χ1) is 10.9. The van der Waals surface area contributed by atoms with Crippen molar-refractivity contribution in [2.75, 3.05) is 19.6 Å². The molecule has 0 amide bonds. The highest BCUT2D eigenvalue weighted by atomic mass is 32.2. The molecule has 0 spiro atoms. The van der Waals surface area contributed by atoms with Crippen LogP contribution in [0.1, 0.15) is 34.0 Å². The highest BCUT2D eigenvalue weighted by molar-refractivity contribution is 7.86. The Kier molecular flexibility index (Phi) is 5.88. The third-order valence-electron chi connectivity index (χ3n) is 4.58. The van der Waals surface area contributed by atoms with Crippen LogP contribution in [0.5, 0.6) is 0 Å². The van der Waals surface area contributed by atoms with Gasteiger partial charge in [0.25, 0.3) is 10.2 Å². The number of rotatable bonds is 4. The molecule has 2 unspecified atom stereocenters. The topological polar surface area (TPSA) is 108 Å². The van der Waals surface area contributed by atoms with E-state index in [-0.39, 0.29) is 25.4 Å². The van der Waals surface area contributed by atoms with Crippen LogP contribution in [-0.2, 0) is 15.0 Å². The van der Waals surface area contributed by atoms with E-state index in [2.05, 4.69) is 16.7 Å². The molecule has 2 N–H and O–H groups in total. The van der Waals surface area contributed by atoms with Crippen LogP contribution in [0.15, 0.2) is 9.98 Å². The Hall–Kier alpha value is -1.32. The minimum Gasteiger partial charge on any atom is -0.368 e. The number of aliphatic imine (C=N–C) groups is 2. The van der Waals surface area contributed by atoms with E-state index < -0.39 is 10.2 Å². The summed E-state index contributed by atoms with van der Waals surface area (Å²) < 4.78 is 28.6. The largest absolute Gasteiger partial charge is 0.368 e. The van der Waals surface area contributed by atoms with Gasteiger partial charge in [0.2, 0.25) is 5.96 Å². The summed E-state index contributed by atoms with van der Waals surface area (Å²) in [7, 11) is -3.49. The molecule has 0 aromatic carbocycles. The average molecular weight is 345 g/mol. The maximum atomic E-state index is 12.8. The fourth-order valence-corrected chi connectivity index (χ4v) is 5.05. The molecule has 0 aliphatic carbocycles. The van der Waals surface area contributed by atoms with Gasteiger partial charge in [0, 0.05) is 33.0 Å². The van der Waals surface area contributed by atoms with Gasteiger partial charge in [0.15, 0.2) is 0 Å². The second-order valence-corrected chi connectivity index (χ2v) is 8.04. The van der Waals surface area contributed by atoms with Crippen molar-refractivity contribution in [2.45, 2.75) is 44.7 Å². The fourth-order valence-electron chi connectivity index (χ4n) is 3.20. The van der Waals surface area contributed by atoms with Crippen LogP contribution < -0.4 is 5.73 Å². The number of hydrogen-bond acceptors (Lipinski definition) is 4. The Morgan fingerprint density at radius 3 is 2.48 bits per heavy atom. The molecule has 2 atom stereocenters. The van der Waals surface area contributed by atoms with E-state index in [1.807, 2.05) is 6.92 Å². The van der Waals surface area contributed by atoms with Crippen LogP contribution in [0.25, 0.3) is 0 Å². The molecule has 2 aliphatic rings. The van der Waals surface area contributed by atoms with Gasteiger partial charge in [-0.15, -0.1) is 0 Å². The quantitative estimate of drug-likeness (QED) is 0.448. The minimum absolute atomic E-state index is 0. The molecule has 0 saturated carbocycles. The van der Waals surface area contributed by atoms with Gasteiger partial charge in [-0.2, -0.15) is 17.0 Å². The Morgan fingerprint density at radius 1 is 1.30 bits per heavy atom. The van der Waals surface area contributed by atoms with Crippen molar-refractivity contribution in [1.29, 1.82) is 0 Å². The Labute approximate surface area is 139 Å². The van der Waals surface area contributed by atoms with Gasteiger partial charge < -0.3 is 10.5 Å². The Morgan fingerprint density at radius 2 is 1.96 bits per heavy atom. The number of nitrogens with zero attached hydrogens (tertiary/aromatic N) is 4. The monoisotopic (exact) mass is 345 g/mol. The molecule has 132 valence electrons. The first-order valence-electron chi connectivity index (χ1n) is 7.90. The molecule has 9 heteroatoms. The number of carbonyl (C=O) groups is 1. The molecule has 23 heavy (non-hydrogen) atoms. The lowest BCUT2D eigenvalue weighted by molar-refractivity contribution is -0.112. The summed E-state index contributed by atoms with van der Waals surface area (Å²) in [5.74, 6) is 0.128. The summed E-state index contributed by atoms with van der Waals surface area (Å²) in [6.45, 7) is 6.44. The normalized spacial score (nSPS) is 29.3. The van der Waals surface area contributed by atoms with Gasteiger partial charge in [-0.3, -0.25) is 0 Å². The molecule has 0 radical (unpaired) electrons. The minimum atomic E-state index is -3.49. The van der Waals surface area contributed by atoms with Crippen LogP contribution >= 0.6 is 0 Å². The average Bonchev–Trinajstić information content (AvgIpc) is 2.54. The van der Waals surface area contributed by atoms with Crippen LogP contribution in [0.3, 0.4) is 0 Å². The van der Waals surface area contributed by atoms with E-state index in [4.69, 9.17) is 5.73 Å². The molecule has 2 aliphatic heterocycles. The lowest BCUT2D eigenvalue weighted by Gasteiger charge is -2.39. The van der Waals surface area contributed by atoms with Crippen LogP contribution in [-0.4, -0.2) is 67.7 Å². The van der Waals surface area contributed by atoms with E-state index in [0.29, 0.717) is 45.3 Å². The number of piperidine rings is 2. The van der Waals surface area contributed by atoms with Gasteiger partial charge in [-0.1, -0.05) is 0 Å². The molecule has 8 nitrogen and oxygen atoms in total.